The van der Waals surface area contributed by atoms with Gasteiger partial charge in [-0.15, -0.1) is 11.3 Å². The van der Waals surface area contributed by atoms with Crippen LogP contribution in [0, 0.1) is 0 Å². The second-order valence-corrected chi connectivity index (χ2v) is 7.66. The second kappa shape index (κ2) is 4.90. The predicted octanol–water partition coefficient (Wildman–Crippen LogP) is 2.99. The van der Waals surface area contributed by atoms with Crippen LogP contribution in [-0.2, 0) is 9.31 Å². The van der Waals surface area contributed by atoms with Gasteiger partial charge in [0, 0.05) is 22.8 Å². The number of H-pyrrole nitrogens is 1. The maximum Gasteiger partial charge on any atom is 0.496 e. The number of aromatic nitrogens is 3. The molecule has 7 heteroatoms. The lowest BCUT2D eigenvalue weighted by molar-refractivity contribution is 0.00578. The van der Waals surface area contributed by atoms with Gasteiger partial charge in [0.15, 0.2) is 0 Å². The summed E-state index contributed by atoms with van der Waals surface area (Å²) in [6.07, 6.45) is 3.69. The number of fused-ring (bicyclic) bond motifs is 1. The van der Waals surface area contributed by atoms with Crippen molar-refractivity contribution >= 4 is 34.1 Å². The van der Waals surface area contributed by atoms with Crippen LogP contribution in [0.3, 0.4) is 0 Å². The van der Waals surface area contributed by atoms with Crippen molar-refractivity contribution in [2.24, 2.45) is 0 Å². The average Bonchev–Trinajstić information content (AvgIpc) is 3.19. The largest absolute Gasteiger partial charge is 0.496 e. The molecule has 0 saturated carbocycles. The quantitative estimate of drug-likeness (QED) is 0.735. The van der Waals surface area contributed by atoms with Gasteiger partial charge < -0.3 is 9.31 Å². The SMILES string of the molecule is CC1(C)OB(c2ccc(-c3cn[nH]c3)c3ncsc23)OC1(C)C. The molecule has 2 aromatic heterocycles. The van der Waals surface area contributed by atoms with E-state index in [1.807, 2.05) is 17.9 Å². The Bertz CT molecular complexity index is 841. The van der Waals surface area contributed by atoms with Crippen molar-refractivity contribution in [1.82, 2.24) is 15.2 Å². The van der Waals surface area contributed by atoms with Crippen LogP contribution >= 0.6 is 11.3 Å². The molecular formula is C16H18BN3O2S. The van der Waals surface area contributed by atoms with Crippen molar-refractivity contribution in [3.63, 3.8) is 0 Å². The van der Waals surface area contributed by atoms with E-state index < -0.39 is 0 Å². The fourth-order valence-corrected chi connectivity index (χ4v) is 3.60. The molecule has 3 heterocycles. The van der Waals surface area contributed by atoms with Crippen molar-refractivity contribution in [2.75, 3.05) is 0 Å². The lowest BCUT2D eigenvalue weighted by Crippen LogP contribution is -2.41. The number of nitrogens with zero attached hydrogens (tertiary/aromatic N) is 2. The summed E-state index contributed by atoms with van der Waals surface area (Å²) in [5, 5.41) is 6.88. The van der Waals surface area contributed by atoms with Crippen molar-refractivity contribution in [3.8, 4) is 11.1 Å². The lowest BCUT2D eigenvalue weighted by Gasteiger charge is -2.32. The maximum atomic E-state index is 6.20. The van der Waals surface area contributed by atoms with E-state index in [-0.39, 0.29) is 18.3 Å². The van der Waals surface area contributed by atoms with Crippen LogP contribution in [0.15, 0.2) is 30.0 Å². The van der Waals surface area contributed by atoms with Gasteiger partial charge in [-0.1, -0.05) is 12.1 Å². The molecule has 0 amide bonds. The average molecular weight is 327 g/mol. The van der Waals surface area contributed by atoms with Crippen LogP contribution in [0.1, 0.15) is 27.7 Å². The molecular weight excluding hydrogens is 309 g/mol. The Labute approximate surface area is 139 Å². The second-order valence-electron chi connectivity index (χ2n) is 6.81. The molecule has 0 bridgehead atoms. The van der Waals surface area contributed by atoms with Gasteiger partial charge in [0.05, 0.1) is 33.1 Å². The van der Waals surface area contributed by atoms with E-state index in [4.69, 9.17) is 9.31 Å². The normalized spacial score (nSPS) is 19.6. The van der Waals surface area contributed by atoms with Gasteiger partial charge in [0.1, 0.15) is 0 Å². The Kier molecular flexibility index (Phi) is 3.17. The van der Waals surface area contributed by atoms with Crippen molar-refractivity contribution < 1.29 is 9.31 Å². The third kappa shape index (κ3) is 2.22. The fraction of sp³-hybridized carbons (Fsp3) is 0.375. The molecule has 0 radical (unpaired) electrons. The summed E-state index contributed by atoms with van der Waals surface area (Å²) in [7, 11) is -0.374. The number of rotatable bonds is 2. The molecule has 118 valence electrons. The highest BCUT2D eigenvalue weighted by Crippen LogP contribution is 2.38. The Hall–Kier alpha value is -1.70. The van der Waals surface area contributed by atoms with Crippen LogP contribution < -0.4 is 5.46 Å². The first-order valence-electron chi connectivity index (χ1n) is 7.60. The molecule has 0 unspecified atom stereocenters. The van der Waals surface area contributed by atoms with Crippen molar-refractivity contribution in [1.29, 1.82) is 0 Å². The Morgan fingerprint density at radius 2 is 1.87 bits per heavy atom. The van der Waals surface area contributed by atoms with Crippen LogP contribution in [0.4, 0.5) is 0 Å². The molecule has 0 spiro atoms. The topological polar surface area (TPSA) is 60.0 Å². The molecule has 23 heavy (non-hydrogen) atoms. The molecule has 3 aromatic rings. The molecule has 5 nitrogen and oxygen atoms in total. The summed E-state index contributed by atoms with van der Waals surface area (Å²) < 4.78 is 13.5. The minimum atomic E-state index is -0.374. The monoisotopic (exact) mass is 327 g/mol. The molecule has 4 rings (SSSR count). The number of nitrogens with one attached hydrogen (secondary N) is 1. The van der Waals surface area contributed by atoms with E-state index >= 15 is 0 Å². The van der Waals surface area contributed by atoms with Crippen LogP contribution in [0.2, 0.25) is 0 Å². The number of hydrogen-bond donors (Lipinski definition) is 1. The van der Waals surface area contributed by atoms with Gasteiger partial charge >= 0.3 is 7.12 Å². The van der Waals surface area contributed by atoms with Crippen LogP contribution in [0.25, 0.3) is 21.3 Å². The molecule has 0 aliphatic carbocycles. The number of hydrogen-bond acceptors (Lipinski definition) is 5. The zero-order chi connectivity index (χ0) is 16.2. The fourth-order valence-electron chi connectivity index (χ4n) is 2.76. The molecule has 1 fully saturated rings. The lowest BCUT2D eigenvalue weighted by atomic mass is 9.78. The van der Waals surface area contributed by atoms with E-state index in [2.05, 4.69) is 55.0 Å². The van der Waals surface area contributed by atoms with Crippen LogP contribution in [0.5, 0.6) is 0 Å². The zero-order valence-corrected chi connectivity index (χ0v) is 14.4. The Balaban J connectivity index is 1.82. The van der Waals surface area contributed by atoms with E-state index in [9.17, 15) is 0 Å². The molecule has 1 aromatic carbocycles. The van der Waals surface area contributed by atoms with Crippen molar-refractivity contribution in [2.45, 2.75) is 38.9 Å². The van der Waals surface area contributed by atoms with E-state index in [1.165, 1.54) is 0 Å². The smallest absolute Gasteiger partial charge is 0.399 e. The summed E-state index contributed by atoms with van der Waals surface area (Å²) >= 11 is 1.61. The highest BCUT2D eigenvalue weighted by atomic mass is 32.1. The molecule has 1 N–H and O–H groups in total. The zero-order valence-electron chi connectivity index (χ0n) is 13.6. The summed E-state index contributed by atoms with van der Waals surface area (Å²) in [6, 6.07) is 4.14. The minimum Gasteiger partial charge on any atom is -0.399 e. The summed E-state index contributed by atoms with van der Waals surface area (Å²) in [4.78, 5) is 4.55. The van der Waals surface area contributed by atoms with E-state index in [0.717, 1.165) is 26.8 Å². The first-order chi connectivity index (χ1) is 10.9. The van der Waals surface area contributed by atoms with Gasteiger partial charge in [-0.05, 0) is 27.7 Å². The van der Waals surface area contributed by atoms with Crippen LogP contribution in [-0.4, -0.2) is 33.5 Å². The van der Waals surface area contributed by atoms with Crippen molar-refractivity contribution in [3.05, 3.63) is 30.0 Å². The first-order valence-corrected chi connectivity index (χ1v) is 8.48. The number of aromatic amines is 1. The Morgan fingerprint density at radius 1 is 1.13 bits per heavy atom. The summed E-state index contributed by atoms with van der Waals surface area (Å²) in [5.41, 5.74) is 5.26. The third-order valence-corrected chi connectivity index (χ3v) is 5.71. The molecule has 1 aliphatic heterocycles. The molecule has 0 atom stereocenters. The van der Waals surface area contributed by atoms with Gasteiger partial charge in [0.25, 0.3) is 0 Å². The van der Waals surface area contributed by atoms with Gasteiger partial charge in [-0.3, -0.25) is 5.10 Å². The summed E-state index contributed by atoms with van der Waals surface area (Å²) in [5.74, 6) is 0. The molecule has 1 aliphatic rings. The van der Waals surface area contributed by atoms with Gasteiger partial charge in [0.2, 0.25) is 0 Å². The van der Waals surface area contributed by atoms with Gasteiger partial charge in [-0.2, -0.15) is 5.10 Å². The third-order valence-electron chi connectivity index (χ3n) is 4.83. The summed E-state index contributed by atoms with van der Waals surface area (Å²) in [6.45, 7) is 8.26. The van der Waals surface area contributed by atoms with E-state index in [1.54, 1.807) is 11.3 Å². The predicted molar refractivity (Wildman–Crippen MR) is 92.9 cm³/mol. The Morgan fingerprint density at radius 3 is 2.52 bits per heavy atom. The highest BCUT2D eigenvalue weighted by Gasteiger charge is 2.52. The van der Waals surface area contributed by atoms with E-state index in [0.29, 0.717) is 0 Å². The highest BCUT2D eigenvalue weighted by molar-refractivity contribution is 7.18. The number of thiazole rings is 1. The standard InChI is InChI=1S/C16H18BN3O2S/c1-15(2)16(3,4)22-17(21-15)12-6-5-11(10-7-19-20-8-10)13-14(12)23-9-18-13/h5-9H,1-4H3,(H,19,20). The number of benzene rings is 1. The maximum absolute atomic E-state index is 6.20. The molecule has 1 saturated heterocycles. The minimum absolute atomic E-state index is 0.349. The van der Waals surface area contributed by atoms with Gasteiger partial charge in [-0.25, -0.2) is 4.98 Å². The first kappa shape index (κ1) is 14.9.